The van der Waals surface area contributed by atoms with Crippen molar-refractivity contribution in [1.29, 1.82) is 0 Å². The minimum Gasteiger partial charge on any atom is -0.463 e. The van der Waals surface area contributed by atoms with E-state index in [4.69, 9.17) is 14.5 Å². The van der Waals surface area contributed by atoms with Crippen LogP contribution in [-0.4, -0.2) is 76.7 Å². The van der Waals surface area contributed by atoms with Gasteiger partial charge >= 0.3 is 12.1 Å². The number of nitrogens with zero attached hydrogens (tertiary/aromatic N) is 5. The number of anilines is 1. The Morgan fingerprint density at radius 1 is 1.17 bits per heavy atom. The zero-order valence-corrected chi connectivity index (χ0v) is 26.9. The molecule has 4 aromatic rings. The molecule has 2 aliphatic carbocycles. The van der Waals surface area contributed by atoms with E-state index in [1.165, 1.54) is 19.3 Å². The quantitative estimate of drug-likeness (QED) is 0.237. The number of benzene rings is 1. The van der Waals surface area contributed by atoms with Crippen LogP contribution in [0.25, 0.3) is 33.1 Å². The highest BCUT2D eigenvalue weighted by Gasteiger charge is 2.64. The number of aromatic nitrogens is 5. The summed E-state index contributed by atoms with van der Waals surface area (Å²) in [4.78, 5) is 28.2. The Morgan fingerprint density at radius 2 is 2.02 bits per heavy atom. The van der Waals surface area contributed by atoms with E-state index in [2.05, 4.69) is 37.7 Å². The van der Waals surface area contributed by atoms with Crippen LogP contribution in [0.2, 0.25) is 0 Å². The lowest BCUT2D eigenvalue weighted by molar-refractivity contribution is 0.149. The molecule has 8 rings (SSSR count). The molecule has 11 nitrogen and oxygen atoms in total. The number of aryl methyl sites for hydroxylation is 1. The predicted octanol–water partition coefficient (Wildman–Crippen LogP) is 5.67. The molecule has 0 spiro atoms. The minimum atomic E-state index is -0.535. The summed E-state index contributed by atoms with van der Waals surface area (Å²) in [6.45, 7) is 9.90. The van der Waals surface area contributed by atoms with Crippen molar-refractivity contribution in [2.75, 3.05) is 44.3 Å². The van der Waals surface area contributed by atoms with Crippen LogP contribution in [0, 0.1) is 23.6 Å². The van der Waals surface area contributed by atoms with Crippen LogP contribution in [0.15, 0.2) is 24.5 Å². The second-order valence-corrected chi connectivity index (χ2v) is 13.6. The molecule has 4 aliphatic rings. The molecule has 3 aromatic heterocycles. The molecule has 2 saturated heterocycles. The summed E-state index contributed by atoms with van der Waals surface area (Å²) in [6, 6.07) is 3.91. The molecule has 4 fully saturated rings. The van der Waals surface area contributed by atoms with Gasteiger partial charge in [0.2, 0.25) is 0 Å². The summed E-state index contributed by atoms with van der Waals surface area (Å²) in [7, 11) is 0. The van der Waals surface area contributed by atoms with Crippen LogP contribution in [-0.2, 0) is 4.74 Å². The van der Waals surface area contributed by atoms with E-state index in [9.17, 15) is 4.79 Å². The van der Waals surface area contributed by atoms with Gasteiger partial charge in [-0.25, -0.2) is 9.18 Å². The van der Waals surface area contributed by atoms with Crippen molar-refractivity contribution in [2.24, 2.45) is 10.8 Å². The second-order valence-electron chi connectivity index (χ2n) is 13.6. The highest BCUT2D eigenvalue weighted by molar-refractivity contribution is 5.98. The smallest absolute Gasteiger partial charge is 0.407 e. The highest BCUT2D eigenvalue weighted by Crippen LogP contribution is 2.66. The lowest BCUT2D eigenvalue weighted by Gasteiger charge is -2.23. The molecular weight excluding hydrogens is 587 g/mol. The van der Waals surface area contributed by atoms with Gasteiger partial charge in [0.25, 0.3) is 0 Å². The van der Waals surface area contributed by atoms with Crippen LogP contribution >= 0.6 is 0 Å². The lowest BCUT2D eigenvalue weighted by atomic mass is 9.91. The summed E-state index contributed by atoms with van der Waals surface area (Å²) in [6.07, 6.45) is 11.3. The van der Waals surface area contributed by atoms with Crippen molar-refractivity contribution in [1.82, 2.24) is 35.8 Å². The zero-order chi connectivity index (χ0) is 31.9. The van der Waals surface area contributed by atoms with Gasteiger partial charge in [-0.05, 0) is 69.2 Å². The summed E-state index contributed by atoms with van der Waals surface area (Å²) in [5.74, 6) is 0.00925. The maximum atomic E-state index is 16.6. The van der Waals surface area contributed by atoms with E-state index in [1.54, 1.807) is 19.3 Å². The largest absolute Gasteiger partial charge is 0.463 e. The fraction of sp³-hybridized carbons (Fsp3) is 0.559. The van der Waals surface area contributed by atoms with Crippen molar-refractivity contribution in [3.63, 3.8) is 0 Å². The Labute approximate surface area is 268 Å². The third kappa shape index (κ3) is 5.94. The third-order valence-electron chi connectivity index (χ3n) is 9.93. The Balaban J connectivity index is 0.00000107. The van der Waals surface area contributed by atoms with E-state index >= 15 is 4.39 Å². The van der Waals surface area contributed by atoms with Gasteiger partial charge in [-0.15, -0.1) is 0 Å². The van der Waals surface area contributed by atoms with Gasteiger partial charge in [-0.3, -0.25) is 10.1 Å². The highest BCUT2D eigenvalue weighted by atomic mass is 19.1. The SMILES string of the molecule is C1CC1.CCOC(=O)NC1CCN(c2nc(OCC34CCCNCC3(C)C4)nc3c(F)c(-c4cc(C)cc5[nH]ncc45)ncc23)C1. The first kappa shape index (κ1) is 30.6. The molecule has 1 amide bonds. The van der Waals surface area contributed by atoms with Crippen LogP contribution < -0.4 is 20.3 Å². The van der Waals surface area contributed by atoms with Gasteiger partial charge < -0.3 is 25.0 Å². The fourth-order valence-corrected chi connectivity index (χ4v) is 7.08. The fourth-order valence-electron chi connectivity index (χ4n) is 7.08. The van der Waals surface area contributed by atoms with Gasteiger partial charge in [-0.1, -0.05) is 26.2 Å². The molecule has 3 unspecified atom stereocenters. The number of hydrogen-bond donors (Lipinski definition) is 3. The standard InChI is InChI=1S/C31H37FN8O3.C3H6/c1-4-42-29(41)36-19-6-9-40(14-19)27-22-12-34-25(20-10-18(2)11-23-21(20)13-35-39-23)24(32)26(22)37-28(38-27)43-17-31-7-5-8-33-16-30(31,3)15-31;1-2-3-1/h10-13,19,33H,4-9,14-17H2,1-3H3,(H,35,39)(H,36,41);1-3H2. The molecule has 3 N–H and O–H groups in total. The summed E-state index contributed by atoms with van der Waals surface area (Å²) >= 11 is 0. The van der Waals surface area contributed by atoms with Crippen LogP contribution in [0.1, 0.15) is 64.4 Å². The summed E-state index contributed by atoms with van der Waals surface area (Å²) < 4.78 is 28.0. The van der Waals surface area contributed by atoms with Crippen molar-refractivity contribution in [2.45, 2.75) is 71.8 Å². The van der Waals surface area contributed by atoms with E-state index in [1.807, 2.05) is 24.0 Å². The molecule has 0 radical (unpaired) electrons. The van der Waals surface area contributed by atoms with E-state index in [0.29, 0.717) is 49.5 Å². The summed E-state index contributed by atoms with van der Waals surface area (Å²) in [5, 5.41) is 14.9. The number of carbonyl (C=O) groups is 1. The molecule has 1 aromatic carbocycles. The van der Waals surface area contributed by atoms with E-state index in [-0.39, 0.29) is 34.1 Å². The van der Waals surface area contributed by atoms with Gasteiger partial charge in [0, 0.05) is 42.2 Å². The van der Waals surface area contributed by atoms with E-state index < -0.39 is 11.9 Å². The topological polar surface area (TPSA) is 130 Å². The zero-order valence-electron chi connectivity index (χ0n) is 26.9. The maximum absolute atomic E-state index is 16.6. The first-order chi connectivity index (χ1) is 22.3. The third-order valence-corrected chi connectivity index (χ3v) is 9.93. The Hall–Kier alpha value is -4.06. The van der Waals surface area contributed by atoms with Crippen molar-refractivity contribution < 1.29 is 18.7 Å². The monoisotopic (exact) mass is 630 g/mol. The predicted molar refractivity (Wildman–Crippen MR) is 174 cm³/mol. The van der Waals surface area contributed by atoms with Gasteiger partial charge in [0.15, 0.2) is 5.82 Å². The first-order valence-corrected chi connectivity index (χ1v) is 16.6. The number of ether oxygens (including phenoxy) is 2. The second kappa shape index (κ2) is 12.3. The molecule has 2 aliphatic heterocycles. The van der Waals surface area contributed by atoms with Crippen LogP contribution in [0.4, 0.5) is 15.0 Å². The minimum absolute atomic E-state index is 0.0632. The number of nitrogens with one attached hydrogen (secondary N) is 3. The Bertz CT molecular complexity index is 1760. The number of fused-ring (bicyclic) bond motifs is 3. The van der Waals surface area contributed by atoms with Crippen molar-refractivity contribution in [3.8, 4) is 17.3 Å². The van der Waals surface area contributed by atoms with Crippen molar-refractivity contribution >= 4 is 33.7 Å². The number of carbonyl (C=O) groups excluding carboxylic acids is 1. The number of hydrogen-bond acceptors (Lipinski definition) is 9. The number of amides is 1. The molecule has 2 saturated carbocycles. The average molecular weight is 631 g/mol. The van der Waals surface area contributed by atoms with Crippen molar-refractivity contribution in [3.05, 3.63) is 35.9 Å². The molecule has 0 bridgehead atoms. The van der Waals surface area contributed by atoms with Crippen LogP contribution in [0.5, 0.6) is 6.01 Å². The number of H-pyrrole nitrogens is 1. The first-order valence-electron chi connectivity index (χ1n) is 16.6. The number of aromatic amines is 1. The van der Waals surface area contributed by atoms with Gasteiger partial charge in [0.1, 0.15) is 17.0 Å². The normalized spacial score (nSPS) is 25.0. The molecule has 5 heterocycles. The summed E-state index contributed by atoms with van der Waals surface area (Å²) in [5.41, 5.74) is 3.01. The Kier molecular flexibility index (Phi) is 8.16. The van der Waals surface area contributed by atoms with Gasteiger partial charge in [-0.2, -0.15) is 15.1 Å². The molecule has 244 valence electrons. The van der Waals surface area contributed by atoms with E-state index in [0.717, 1.165) is 48.8 Å². The number of halogens is 1. The number of pyridine rings is 1. The molecule has 3 atom stereocenters. The maximum Gasteiger partial charge on any atom is 0.407 e. The number of rotatable bonds is 7. The number of alkyl carbamates (subject to hydrolysis) is 1. The molecule has 46 heavy (non-hydrogen) atoms. The Morgan fingerprint density at radius 3 is 2.83 bits per heavy atom. The van der Waals surface area contributed by atoms with Crippen LogP contribution in [0.3, 0.4) is 0 Å². The van der Waals surface area contributed by atoms with Gasteiger partial charge in [0.05, 0.1) is 36.4 Å². The molecular formula is C34H43FN8O3. The average Bonchev–Trinajstić information content (AvgIpc) is 3.90. The lowest BCUT2D eigenvalue weighted by Crippen LogP contribution is -2.37. The molecule has 12 heteroatoms.